The molecule has 0 saturated carbocycles. The second kappa shape index (κ2) is 4.33. The summed E-state index contributed by atoms with van der Waals surface area (Å²) in [7, 11) is 0. The van der Waals surface area contributed by atoms with Crippen molar-refractivity contribution in [3.05, 3.63) is 11.9 Å². The third-order valence-electron chi connectivity index (χ3n) is 2.80. The van der Waals surface area contributed by atoms with E-state index in [0.717, 1.165) is 31.7 Å². The summed E-state index contributed by atoms with van der Waals surface area (Å²) in [5.74, 6) is 0.430. The maximum atomic E-state index is 9.70. The lowest BCUT2D eigenvalue weighted by atomic mass is 9.96. The monoisotopic (exact) mass is 213 g/mol. The molecule has 1 aliphatic rings. The van der Waals surface area contributed by atoms with Crippen molar-refractivity contribution in [2.45, 2.75) is 26.0 Å². The molecule has 1 saturated heterocycles. The van der Waals surface area contributed by atoms with E-state index in [1.54, 1.807) is 6.20 Å². The van der Waals surface area contributed by atoms with Gasteiger partial charge in [-0.25, -0.2) is 0 Å². The Bertz CT molecular complexity index is 278. The molecular formula is C9H15N3OS. The number of β-amino-alcohol motifs (C(OH)–C–C–N with tert-alkyl or cyclic N) is 1. The van der Waals surface area contributed by atoms with Gasteiger partial charge in [0.1, 0.15) is 0 Å². The smallest absolute Gasteiger partial charge is 0.0883 e. The minimum Gasteiger partial charge on any atom is -0.392 e. The van der Waals surface area contributed by atoms with Crippen molar-refractivity contribution >= 4 is 11.7 Å². The number of likely N-dealkylation sites (tertiary alicyclic amines) is 1. The molecule has 5 heteroatoms. The zero-order valence-corrected chi connectivity index (χ0v) is 9.07. The van der Waals surface area contributed by atoms with E-state index in [9.17, 15) is 5.11 Å². The van der Waals surface area contributed by atoms with Gasteiger partial charge in [-0.05, 0) is 18.9 Å². The van der Waals surface area contributed by atoms with Crippen LogP contribution in [0, 0.1) is 5.92 Å². The van der Waals surface area contributed by atoms with Gasteiger partial charge in [0, 0.05) is 13.1 Å². The van der Waals surface area contributed by atoms with Gasteiger partial charge in [0.2, 0.25) is 0 Å². The molecule has 0 aliphatic carbocycles. The third-order valence-corrected chi connectivity index (χ3v) is 3.31. The van der Waals surface area contributed by atoms with Gasteiger partial charge in [-0.3, -0.25) is 4.90 Å². The zero-order valence-electron chi connectivity index (χ0n) is 8.26. The standard InChI is InChI=1S/C9H15N3OS/c1-7-2-3-12(6-9(7)13)5-8-4-10-14-11-8/h4,7,9,13H,2-3,5-6H2,1H3. The highest BCUT2D eigenvalue weighted by molar-refractivity contribution is 6.99. The van der Waals surface area contributed by atoms with Crippen LogP contribution in [0.2, 0.25) is 0 Å². The van der Waals surface area contributed by atoms with Crippen molar-refractivity contribution in [2.75, 3.05) is 13.1 Å². The van der Waals surface area contributed by atoms with Crippen LogP contribution in [0.4, 0.5) is 0 Å². The fourth-order valence-electron chi connectivity index (χ4n) is 1.74. The summed E-state index contributed by atoms with van der Waals surface area (Å²) in [5, 5.41) is 9.70. The fraction of sp³-hybridized carbons (Fsp3) is 0.778. The topological polar surface area (TPSA) is 49.2 Å². The van der Waals surface area contributed by atoms with E-state index in [2.05, 4.69) is 20.6 Å². The van der Waals surface area contributed by atoms with Gasteiger partial charge < -0.3 is 5.11 Å². The second-order valence-corrected chi connectivity index (χ2v) is 4.52. The Morgan fingerprint density at radius 2 is 2.57 bits per heavy atom. The van der Waals surface area contributed by atoms with Crippen LogP contribution in [0.1, 0.15) is 19.0 Å². The van der Waals surface area contributed by atoms with Crippen LogP contribution >= 0.6 is 11.7 Å². The Hall–Kier alpha value is -0.520. The van der Waals surface area contributed by atoms with Crippen LogP contribution < -0.4 is 0 Å². The van der Waals surface area contributed by atoms with E-state index in [4.69, 9.17) is 0 Å². The molecule has 2 unspecified atom stereocenters. The average Bonchev–Trinajstić information content (AvgIpc) is 2.64. The predicted octanol–water partition coefficient (Wildman–Crippen LogP) is 0.741. The molecule has 78 valence electrons. The molecule has 1 N–H and O–H groups in total. The van der Waals surface area contributed by atoms with Gasteiger partial charge in [0.15, 0.2) is 0 Å². The first kappa shape index (κ1) is 10.0. The molecule has 2 atom stereocenters. The van der Waals surface area contributed by atoms with E-state index < -0.39 is 0 Å². The van der Waals surface area contributed by atoms with Gasteiger partial charge in [-0.15, -0.1) is 0 Å². The number of aromatic nitrogens is 2. The van der Waals surface area contributed by atoms with Crippen molar-refractivity contribution in [3.63, 3.8) is 0 Å². The van der Waals surface area contributed by atoms with Crippen molar-refractivity contribution in [1.82, 2.24) is 13.6 Å². The van der Waals surface area contributed by atoms with E-state index in [1.165, 1.54) is 11.7 Å². The van der Waals surface area contributed by atoms with E-state index in [-0.39, 0.29) is 6.10 Å². The first-order valence-corrected chi connectivity index (χ1v) is 5.65. The van der Waals surface area contributed by atoms with Crippen LogP contribution in [-0.4, -0.2) is 37.9 Å². The SMILES string of the molecule is CC1CCN(Cc2cnsn2)CC1O. The van der Waals surface area contributed by atoms with Crippen molar-refractivity contribution in [3.8, 4) is 0 Å². The first-order valence-electron chi connectivity index (χ1n) is 4.92. The van der Waals surface area contributed by atoms with Crippen molar-refractivity contribution < 1.29 is 5.11 Å². The highest BCUT2D eigenvalue weighted by atomic mass is 32.1. The van der Waals surface area contributed by atoms with Gasteiger partial charge in [0.05, 0.1) is 29.7 Å². The fourth-order valence-corrected chi connectivity index (χ4v) is 2.17. The number of piperidine rings is 1. The number of hydrogen-bond donors (Lipinski definition) is 1. The molecular weight excluding hydrogens is 198 g/mol. The Labute approximate surface area is 87.9 Å². The number of nitrogens with zero attached hydrogens (tertiary/aromatic N) is 3. The molecule has 14 heavy (non-hydrogen) atoms. The van der Waals surface area contributed by atoms with Crippen molar-refractivity contribution in [1.29, 1.82) is 0 Å². The number of aliphatic hydroxyl groups is 1. The third kappa shape index (κ3) is 2.29. The predicted molar refractivity (Wildman–Crippen MR) is 55.0 cm³/mol. The number of rotatable bonds is 2. The van der Waals surface area contributed by atoms with Gasteiger partial charge >= 0.3 is 0 Å². The molecule has 0 bridgehead atoms. The molecule has 0 spiro atoms. The maximum absolute atomic E-state index is 9.70. The lowest BCUT2D eigenvalue weighted by Crippen LogP contribution is -2.42. The highest BCUT2D eigenvalue weighted by Crippen LogP contribution is 2.18. The molecule has 1 aromatic heterocycles. The first-order chi connectivity index (χ1) is 6.75. The van der Waals surface area contributed by atoms with Crippen LogP contribution in [-0.2, 0) is 6.54 Å². The summed E-state index contributed by atoms with van der Waals surface area (Å²) in [6.45, 7) is 4.74. The van der Waals surface area contributed by atoms with Crippen LogP contribution in [0.15, 0.2) is 6.20 Å². The summed E-state index contributed by atoms with van der Waals surface area (Å²) in [6, 6.07) is 0. The molecule has 1 aromatic rings. The summed E-state index contributed by atoms with van der Waals surface area (Å²) >= 11 is 1.24. The van der Waals surface area contributed by atoms with E-state index in [0.29, 0.717) is 5.92 Å². The van der Waals surface area contributed by atoms with Crippen LogP contribution in [0.25, 0.3) is 0 Å². The summed E-state index contributed by atoms with van der Waals surface area (Å²) in [6.07, 6.45) is 2.68. The normalized spacial score (nSPS) is 29.3. The second-order valence-electron chi connectivity index (χ2n) is 3.97. The Kier molecular flexibility index (Phi) is 3.10. The molecule has 0 amide bonds. The highest BCUT2D eigenvalue weighted by Gasteiger charge is 2.24. The summed E-state index contributed by atoms with van der Waals surface area (Å²) in [4.78, 5) is 2.24. The Morgan fingerprint density at radius 1 is 1.71 bits per heavy atom. The molecule has 0 radical (unpaired) electrons. The van der Waals surface area contributed by atoms with Crippen molar-refractivity contribution in [2.24, 2.45) is 5.92 Å². The van der Waals surface area contributed by atoms with Gasteiger partial charge in [0.25, 0.3) is 0 Å². The lowest BCUT2D eigenvalue weighted by Gasteiger charge is -2.33. The molecule has 1 aliphatic heterocycles. The summed E-state index contributed by atoms with van der Waals surface area (Å²) < 4.78 is 8.12. The molecule has 1 fully saturated rings. The summed E-state index contributed by atoms with van der Waals surface area (Å²) in [5.41, 5.74) is 1.01. The average molecular weight is 213 g/mol. The molecule has 2 heterocycles. The Balaban J connectivity index is 1.88. The molecule has 0 aromatic carbocycles. The number of aliphatic hydroxyl groups excluding tert-OH is 1. The van der Waals surface area contributed by atoms with E-state index >= 15 is 0 Å². The molecule has 4 nitrogen and oxygen atoms in total. The largest absolute Gasteiger partial charge is 0.392 e. The van der Waals surface area contributed by atoms with Crippen LogP contribution in [0.5, 0.6) is 0 Å². The molecule has 2 rings (SSSR count). The van der Waals surface area contributed by atoms with E-state index in [1.807, 2.05) is 0 Å². The van der Waals surface area contributed by atoms with Gasteiger partial charge in [-0.1, -0.05) is 6.92 Å². The lowest BCUT2D eigenvalue weighted by molar-refractivity contribution is 0.0255. The minimum absolute atomic E-state index is 0.185. The zero-order chi connectivity index (χ0) is 9.97. The Morgan fingerprint density at radius 3 is 3.21 bits per heavy atom. The number of hydrogen-bond acceptors (Lipinski definition) is 5. The van der Waals surface area contributed by atoms with Gasteiger partial charge in [-0.2, -0.15) is 8.75 Å². The minimum atomic E-state index is -0.185. The quantitative estimate of drug-likeness (QED) is 0.787. The maximum Gasteiger partial charge on any atom is 0.0883 e. The van der Waals surface area contributed by atoms with Crippen LogP contribution in [0.3, 0.4) is 0 Å².